The van der Waals surface area contributed by atoms with E-state index in [1.807, 2.05) is 13.2 Å². The van der Waals surface area contributed by atoms with Crippen molar-refractivity contribution >= 4 is 0 Å². The van der Waals surface area contributed by atoms with E-state index in [9.17, 15) is 0 Å². The molecule has 0 amide bonds. The van der Waals surface area contributed by atoms with Crippen LogP contribution in [0, 0.1) is 0 Å². The summed E-state index contributed by atoms with van der Waals surface area (Å²) in [7, 11) is 2.02. The molecule has 4 nitrogen and oxygen atoms in total. The Bertz CT molecular complexity index is 455. The van der Waals surface area contributed by atoms with Gasteiger partial charge < -0.3 is 10.1 Å². The number of hydrogen-bond acceptors (Lipinski definition) is 4. The Kier molecular flexibility index (Phi) is 3.54. The van der Waals surface area contributed by atoms with Crippen molar-refractivity contribution in [3.63, 3.8) is 0 Å². The molecule has 1 N–H and O–H groups in total. The van der Waals surface area contributed by atoms with E-state index in [-0.39, 0.29) is 5.60 Å². The standard InChI is InChI=1S/C15H23N3O/c1-15(8-5-9-19-15)14-17-10-11-12(16-2)6-3-4-7-13(11)18-14/h10,12,16H,3-9H2,1-2H3. The summed E-state index contributed by atoms with van der Waals surface area (Å²) in [6, 6.07) is 0.406. The first-order chi connectivity index (χ1) is 9.23. The van der Waals surface area contributed by atoms with Gasteiger partial charge >= 0.3 is 0 Å². The van der Waals surface area contributed by atoms with E-state index in [0.29, 0.717) is 6.04 Å². The molecular weight excluding hydrogens is 238 g/mol. The zero-order chi connectivity index (χ0) is 13.3. The second kappa shape index (κ2) is 5.17. The van der Waals surface area contributed by atoms with Crippen molar-refractivity contribution < 1.29 is 4.74 Å². The topological polar surface area (TPSA) is 47.0 Å². The zero-order valence-corrected chi connectivity index (χ0v) is 11.9. The molecule has 2 aliphatic rings. The van der Waals surface area contributed by atoms with Crippen molar-refractivity contribution in [3.05, 3.63) is 23.3 Å². The molecule has 0 radical (unpaired) electrons. The van der Waals surface area contributed by atoms with Gasteiger partial charge in [-0.25, -0.2) is 9.97 Å². The second-order valence-corrected chi connectivity index (χ2v) is 5.87. The molecule has 1 fully saturated rings. The van der Waals surface area contributed by atoms with E-state index >= 15 is 0 Å². The smallest absolute Gasteiger partial charge is 0.160 e. The lowest BCUT2D eigenvalue weighted by Gasteiger charge is -2.23. The average molecular weight is 261 g/mol. The summed E-state index contributed by atoms with van der Waals surface area (Å²) in [6.45, 7) is 2.95. The summed E-state index contributed by atoms with van der Waals surface area (Å²) in [5.41, 5.74) is 2.24. The van der Waals surface area contributed by atoms with Gasteiger partial charge in [0.1, 0.15) is 5.60 Å². The van der Waals surface area contributed by atoms with Gasteiger partial charge in [0, 0.05) is 30.1 Å². The monoisotopic (exact) mass is 261 g/mol. The average Bonchev–Trinajstić information content (AvgIpc) is 2.77. The highest BCUT2D eigenvalue weighted by molar-refractivity contribution is 5.24. The lowest BCUT2D eigenvalue weighted by atomic mass is 10.0. The molecule has 2 unspecified atom stereocenters. The van der Waals surface area contributed by atoms with Crippen molar-refractivity contribution in [2.45, 2.75) is 57.1 Å². The highest BCUT2D eigenvalue weighted by atomic mass is 16.5. The SMILES string of the molecule is CNC1CCCCc2nc(C3(C)CCCO3)ncc21. The van der Waals surface area contributed by atoms with Crippen LogP contribution in [0.15, 0.2) is 6.20 Å². The minimum atomic E-state index is -0.267. The van der Waals surface area contributed by atoms with Crippen LogP contribution in [0.2, 0.25) is 0 Å². The molecule has 4 heteroatoms. The van der Waals surface area contributed by atoms with Gasteiger partial charge in [-0.1, -0.05) is 6.42 Å². The molecule has 1 aromatic rings. The van der Waals surface area contributed by atoms with Gasteiger partial charge in [-0.05, 0) is 46.1 Å². The maximum atomic E-state index is 5.86. The van der Waals surface area contributed by atoms with E-state index in [0.717, 1.165) is 31.7 Å². The molecular formula is C15H23N3O. The van der Waals surface area contributed by atoms with Crippen molar-refractivity contribution in [3.8, 4) is 0 Å². The number of fused-ring (bicyclic) bond motifs is 1. The molecule has 2 atom stereocenters. The van der Waals surface area contributed by atoms with Gasteiger partial charge in [0.2, 0.25) is 0 Å². The van der Waals surface area contributed by atoms with Crippen LogP contribution >= 0.6 is 0 Å². The maximum Gasteiger partial charge on any atom is 0.160 e. The van der Waals surface area contributed by atoms with Crippen molar-refractivity contribution in [2.24, 2.45) is 0 Å². The highest BCUT2D eigenvalue weighted by Crippen LogP contribution is 2.35. The lowest BCUT2D eigenvalue weighted by Crippen LogP contribution is -2.25. The van der Waals surface area contributed by atoms with Crippen LogP contribution < -0.4 is 5.32 Å². The number of aryl methyl sites for hydroxylation is 1. The molecule has 1 saturated heterocycles. The molecule has 1 aliphatic heterocycles. The fourth-order valence-corrected chi connectivity index (χ4v) is 3.22. The van der Waals surface area contributed by atoms with Crippen LogP contribution in [0.4, 0.5) is 0 Å². The first-order valence-corrected chi connectivity index (χ1v) is 7.40. The van der Waals surface area contributed by atoms with Gasteiger partial charge in [-0.15, -0.1) is 0 Å². The third kappa shape index (κ3) is 2.39. The summed E-state index contributed by atoms with van der Waals surface area (Å²) < 4.78 is 5.86. The lowest BCUT2D eigenvalue weighted by molar-refractivity contribution is 0.00909. The van der Waals surface area contributed by atoms with Gasteiger partial charge in [-0.2, -0.15) is 0 Å². The molecule has 2 heterocycles. The predicted octanol–water partition coefficient (Wildman–Crippen LogP) is 2.49. The first kappa shape index (κ1) is 13.0. The first-order valence-electron chi connectivity index (χ1n) is 7.40. The largest absolute Gasteiger partial charge is 0.367 e. The minimum absolute atomic E-state index is 0.267. The van der Waals surface area contributed by atoms with E-state index in [2.05, 4.69) is 17.2 Å². The van der Waals surface area contributed by atoms with Gasteiger partial charge in [0.05, 0.1) is 0 Å². The summed E-state index contributed by atoms with van der Waals surface area (Å²) in [5, 5.41) is 3.39. The third-order valence-electron chi connectivity index (χ3n) is 4.47. The van der Waals surface area contributed by atoms with E-state index in [4.69, 9.17) is 9.72 Å². The molecule has 104 valence electrons. The van der Waals surface area contributed by atoms with Gasteiger partial charge in [0.25, 0.3) is 0 Å². The van der Waals surface area contributed by atoms with Crippen molar-refractivity contribution in [1.29, 1.82) is 0 Å². The fraction of sp³-hybridized carbons (Fsp3) is 0.733. The van der Waals surface area contributed by atoms with Crippen LogP contribution in [-0.2, 0) is 16.8 Å². The van der Waals surface area contributed by atoms with Gasteiger partial charge in [0.15, 0.2) is 5.82 Å². The predicted molar refractivity (Wildman–Crippen MR) is 73.9 cm³/mol. The summed E-state index contributed by atoms with van der Waals surface area (Å²) in [6.07, 6.45) is 8.89. The Morgan fingerprint density at radius 3 is 3.00 bits per heavy atom. The Morgan fingerprint density at radius 1 is 1.37 bits per heavy atom. The molecule has 0 aromatic carbocycles. The van der Waals surface area contributed by atoms with Crippen LogP contribution in [0.25, 0.3) is 0 Å². The Balaban J connectivity index is 1.96. The Labute approximate surface area is 115 Å². The van der Waals surface area contributed by atoms with Crippen molar-refractivity contribution in [1.82, 2.24) is 15.3 Å². The molecule has 1 aliphatic carbocycles. The number of nitrogens with zero attached hydrogens (tertiary/aromatic N) is 2. The number of aromatic nitrogens is 2. The summed E-state index contributed by atoms with van der Waals surface area (Å²) in [4.78, 5) is 9.46. The van der Waals surface area contributed by atoms with Crippen LogP contribution in [0.5, 0.6) is 0 Å². The molecule has 3 rings (SSSR count). The normalized spacial score (nSPS) is 30.9. The number of nitrogens with one attached hydrogen (secondary N) is 1. The van der Waals surface area contributed by atoms with Crippen LogP contribution in [0.1, 0.15) is 62.2 Å². The Morgan fingerprint density at radius 2 is 2.26 bits per heavy atom. The fourth-order valence-electron chi connectivity index (χ4n) is 3.22. The minimum Gasteiger partial charge on any atom is -0.367 e. The third-order valence-corrected chi connectivity index (χ3v) is 4.47. The van der Waals surface area contributed by atoms with Gasteiger partial charge in [-0.3, -0.25) is 0 Å². The zero-order valence-electron chi connectivity index (χ0n) is 11.9. The van der Waals surface area contributed by atoms with Crippen LogP contribution in [-0.4, -0.2) is 23.6 Å². The molecule has 19 heavy (non-hydrogen) atoms. The number of hydrogen-bond donors (Lipinski definition) is 1. The molecule has 0 bridgehead atoms. The summed E-state index contributed by atoms with van der Waals surface area (Å²) >= 11 is 0. The van der Waals surface area contributed by atoms with E-state index in [1.54, 1.807) is 0 Å². The highest BCUT2D eigenvalue weighted by Gasteiger charge is 2.35. The van der Waals surface area contributed by atoms with Crippen LogP contribution in [0.3, 0.4) is 0 Å². The molecule has 1 aromatic heterocycles. The van der Waals surface area contributed by atoms with E-state index < -0.39 is 0 Å². The molecule has 0 spiro atoms. The Hall–Kier alpha value is -1.00. The molecule has 0 saturated carbocycles. The maximum absolute atomic E-state index is 5.86. The quantitative estimate of drug-likeness (QED) is 0.831. The van der Waals surface area contributed by atoms with E-state index in [1.165, 1.54) is 30.5 Å². The second-order valence-electron chi connectivity index (χ2n) is 5.87. The summed E-state index contributed by atoms with van der Waals surface area (Å²) in [5.74, 6) is 0.875. The van der Waals surface area contributed by atoms with Crippen molar-refractivity contribution in [2.75, 3.05) is 13.7 Å². The number of rotatable bonds is 2. The number of ether oxygens (including phenoxy) is 1.